The molecule has 0 spiro atoms. The second-order valence-corrected chi connectivity index (χ2v) is 5.20. The van der Waals surface area contributed by atoms with Crippen LogP contribution in [0.3, 0.4) is 0 Å². The van der Waals surface area contributed by atoms with Crippen LogP contribution in [0.1, 0.15) is 32.1 Å². The Labute approximate surface area is 84.7 Å². The molecule has 3 heteroatoms. The van der Waals surface area contributed by atoms with Crippen LogP contribution in [-0.2, 0) is 0 Å². The molecule has 4 bridgehead atoms. The van der Waals surface area contributed by atoms with Crippen LogP contribution in [0.5, 0.6) is 0 Å². The summed E-state index contributed by atoms with van der Waals surface area (Å²) in [5.41, 5.74) is 5.26. The first-order valence-electron chi connectivity index (χ1n) is 5.11. The predicted molar refractivity (Wildman–Crippen MR) is 52.6 cm³/mol. The van der Waals surface area contributed by atoms with Gasteiger partial charge in [-0.15, -0.1) is 12.4 Å². The summed E-state index contributed by atoms with van der Waals surface area (Å²) in [4.78, 5) is 0. The maximum atomic E-state index is 14.0. The minimum Gasteiger partial charge on any atom is -0.327 e. The van der Waals surface area contributed by atoms with E-state index in [9.17, 15) is 4.39 Å². The summed E-state index contributed by atoms with van der Waals surface area (Å²) in [5, 5.41) is 0. The van der Waals surface area contributed by atoms with Gasteiger partial charge in [0, 0.05) is 6.04 Å². The third-order valence-corrected chi connectivity index (χ3v) is 4.27. The normalized spacial score (nSPS) is 57.7. The molecule has 4 fully saturated rings. The molecule has 0 aromatic rings. The van der Waals surface area contributed by atoms with Gasteiger partial charge in [0.1, 0.15) is 5.67 Å². The summed E-state index contributed by atoms with van der Waals surface area (Å²) in [5.74, 6) is 1.70. The molecular weight excluding hydrogens is 189 g/mol. The summed E-state index contributed by atoms with van der Waals surface area (Å²) in [6.07, 6.45) is 4.79. The summed E-state index contributed by atoms with van der Waals surface area (Å²) >= 11 is 0. The van der Waals surface area contributed by atoms with E-state index < -0.39 is 5.67 Å². The molecule has 4 rings (SSSR count). The number of halogens is 2. The monoisotopic (exact) mass is 205 g/mol. The van der Waals surface area contributed by atoms with Gasteiger partial charge >= 0.3 is 0 Å². The van der Waals surface area contributed by atoms with Gasteiger partial charge in [-0.2, -0.15) is 0 Å². The Balaban J connectivity index is 0.000000653. The van der Waals surface area contributed by atoms with Gasteiger partial charge in [-0.3, -0.25) is 0 Å². The van der Waals surface area contributed by atoms with Crippen molar-refractivity contribution in [2.45, 2.75) is 43.8 Å². The zero-order chi connectivity index (χ0) is 8.34. The van der Waals surface area contributed by atoms with Crippen LogP contribution in [0, 0.1) is 17.8 Å². The van der Waals surface area contributed by atoms with E-state index in [1.54, 1.807) is 0 Å². The van der Waals surface area contributed by atoms with Crippen molar-refractivity contribution < 1.29 is 4.39 Å². The first-order valence-corrected chi connectivity index (χ1v) is 5.11. The average molecular weight is 206 g/mol. The lowest BCUT2D eigenvalue weighted by Crippen LogP contribution is -2.57. The van der Waals surface area contributed by atoms with Crippen LogP contribution in [0.4, 0.5) is 4.39 Å². The second-order valence-electron chi connectivity index (χ2n) is 5.20. The zero-order valence-corrected chi connectivity index (χ0v) is 8.52. The molecule has 2 unspecified atom stereocenters. The van der Waals surface area contributed by atoms with Gasteiger partial charge in [0.05, 0.1) is 0 Å². The Hall–Kier alpha value is 0.180. The van der Waals surface area contributed by atoms with E-state index in [2.05, 4.69) is 0 Å². The molecule has 0 aromatic heterocycles. The number of nitrogens with two attached hydrogens (primary N) is 1. The standard InChI is InChI=1S/C10H16FN.ClH/c11-10-3-6-1-7(4-10)9(12)8(2-6)5-10;/h6-9H,1-5,12H2;1H. The van der Waals surface area contributed by atoms with Crippen molar-refractivity contribution in [3.8, 4) is 0 Å². The highest BCUT2D eigenvalue weighted by atomic mass is 35.5. The number of alkyl halides is 1. The first kappa shape index (κ1) is 9.72. The van der Waals surface area contributed by atoms with E-state index in [0.717, 1.165) is 19.3 Å². The Morgan fingerprint density at radius 2 is 1.62 bits per heavy atom. The Morgan fingerprint density at radius 1 is 1.08 bits per heavy atom. The van der Waals surface area contributed by atoms with E-state index in [1.807, 2.05) is 0 Å². The zero-order valence-electron chi connectivity index (χ0n) is 7.71. The van der Waals surface area contributed by atoms with Gasteiger partial charge in [-0.1, -0.05) is 0 Å². The highest BCUT2D eigenvalue weighted by Gasteiger charge is 2.54. The van der Waals surface area contributed by atoms with Crippen LogP contribution >= 0.6 is 12.4 Å². The topological polar surface area (TPSA) is 26.0 Å². The number of hydrogen-bond donors (Lipinski definition) is 1. The lowest BCUT2D eigenvalue weighted by atomic mass is 9.53. The highest BCUT2D eigenvalue weighted by molar-refractivity contribution is 5.85. The fourth-order valence-corrected chi connectivity index (χ4v) is 3.96. The summed E-state index contributed by atoms with van der Waals surface area (Å²) in [7, 11) is 0. The van der Waals surface area contributed by atoms with Gasteiger partial charge in [0.25, 0.3) is 0 Å². The molecule has 1 nitrogen and oxygen atoms in total. The van der Waals surface area contributed by atoms with Crippen LogP contribution in [0.25, 0.3) is 0 Å². The minimum absolute atomic E-state index is 0. The van der Waals surface area contributed by atoms with Crippen molar-refractivity contribution in [3.63, 3.8) is 0 Å². The Bertz CT molecular complexity index is 205. The van der Waals surface area contributed by atoms with E-state index in [-0.39, 0.29) is 12.4 Å². The molecular formula is C10H17ClFN. The fourth-order valence-electron chi connectivity index (χ4n) is 3.96. The van der Waals surface area contributed by atoms with Crippen LogP contribution in [-0.4, -0.2) is 11.7 Å². The molecule has 0 aromatic carbocycles. The number of hydrogen-bond acceptors (Lipinski definition) is 1. The van der Waals surface area contributed by atoms with Crippen molar-refractivity contribution in [2.75, 3.05) is 0 Å². The van der Waals surface area contributed by atoms with Crippen molar-refractivity contribution in [3.05, 3.63) is 0 Å². The smallest absolute Gasteiger partial charge is 0.112 e. The van der Waals surface area contributed by atoms with Gasteiger partial charge in [-0.05, 0) is 49.9 Å². The quantitative estimate of drug-likeness (QED) is 0.645. The van der Waals surface area contributed by atoms with E-state index in [1.165, 1.54) is 12.8 Å². The molecule has 4 aliphatic carbocycles. The largest absolute Gasteiger partial charge is 0.327 e. The Morgan fingerprint density at radius 3 is 2.08 bits per heavy atom. The van der Waals surface area contributed by atoms with Crippen molar-refractivity contribution in [2.24, 2.45) is 23.5 Å². The highest BCUT2D eigenvalue weighted by Crippen LogP contribution is 2.56. The summed E-state index contributed by atoms with van der Waals surface area (Å²) in [6.45, 7) is 0. The number of rotatable bonds is 0. The maximum absolute atomic E-state index is 14.0. The molecule has 76 valence electrons. The molecule has 2 atom stereocenters. The third kappa shape index (κ3) is 1.30. The van der Waals surface area contributed by atoms with Crippen LogP contribution in [0.15, 0.2) is 0 Å². The molecule has 4 aliphatic rings. The fraction of sp³-hybridized carbons (Fsp3) is 1.00. The maximum Gasteiger partial charge on any atom is 0.112 e. The van der Waals surface area contributed by atoms with Crippen LogP contribution < -0.4 is 5.73 Å². The van der Waals surface area contributed by atoms with Gasteiger partial charge in [0.15, 0.2) is 0 Å². The third-order valence-electron chi connectivity index (χ3n) is 4.27. The lowest BCUT2D eigenvalue weighted by Gasteiger charge is -2.55. The lowest BCUT2D eigenvalue weighted by molar-refractivity contribution is -0.0845. The van der Waals surface area contributed by atoms with Crippen molar-refractivity contribution in [1.29, 1.82) is 0 Å². The Kier molecular flexibility index (Phi) is 2.12. The van der Waals surface area contributed by atoms with Gasteiger partial charge in [0.2, 0.25) is 0 Å². The average Bonchev–Trinajstić information content (AvgIpc) is 1.96. The second kappa shape index (κ2) is 2.83. The first-order chi connectivity index (χ1) is 5.66. The molecule has 0 saturated heterocycles. The SMILES string of the molecule is Cl.NC1C2CC3CC1CC(F)(C3)C2. The molecule has 0 aliphatic heterocycles. The predicted octanol–water partition coefficient (Wildman–Crippen LogP) is 2.28. The molecule has 0 heterocycles. The molecule has 13 heavy (non-hydrogen) atoms. The van der Waals surface area contributed by atoms with E-state index in [4.69, 9.17) is 5.73 Å². The summed E-state index contributed by atoms with van der Waals surface area (Å²) < 4.78 is 14.0. The molecule has 0 radical (unpaired) electrons. The summed E-state index contributed by atoms with van der Waals surface area (Å²) in [6, 6.07) is 0.324. The van der Waals surface area contributed by atoms with E-state index >= 15 is 0 Å². The molecule has 2 N–H and O–H groups in total. The van der Waals surface area contributed by atoms with Gasteiger partial charge in [-0.25, -0.2) is 4.39 Å². The van der Waals surface area contributed by atoms with Crippen molar-refractivity contribution in [1.82, 2.24) is 0 Å². The molecule has 0 amide bonds. The minimum atomic E-state index is -0.799. The van der Waals surface area contributed by atoms with Crippen molar-refractivity contribution >= 4 is 12.4 Å². The van der Waals surface area contributed by atoms with E-state index in [0.29, 0.717) is 23.8 Å². The van der Waals surface area contributed by atoms with Crippen LogP contribution in [0.2, 0.25) is 0 Å². The molecule has 4 saturated carbocycles. The van der Waals surface area contributed by atoms with Gasteiger partial charge < -0.3 is 5.73 Å².